The van der Waals surface area contributed by atoms with Crippen LogP contribution in [0.2, 0.25) is 0 Å². The fourth-order valence-corrected chi connectivity index (χ4v) is 1.89. The largest absolute Gasteiger partial charge is 0.458 e. The molecule has 0 fully saturated rings. The van der Waals surface area contributed by atoms with E-state index in [1.807, 2.05) is 0 Å². The normalized spacial score (nSPS) is 11.4. The van der Waals surface area contributed by atoms with Crippen molar-refractivity contribution in [2.24, 2.45) is 0 Å². The minimum Gasteiger partial charge on any atom is -0.458 e. The molecular formula is C14H18BrFO3. The molecule has 0 aromatic heterocycles. The average molecular weight is 333 g/mol. The van der Waals surface area contributed by atoms with E-state index in [2.05, 4.69) is 15.9 Å². The molecular weight excluding hydrogens is 315 g/mol. The molecule has 0 aliphatic heterocycles. The standard InChI is InChI=1S/C14H18BrFO3/c1-14(2,3)19-13(17)9-18-7-6-10-8-11(16)4-5-12(10)15/h4-5,8H,6-7,9H2,1-3H3. The molecule has 0 saturated heterocycles. The Balaban J connectivity index is 2.31. The fourth-order valence-electron chi connectivity index (χ4n) is 1.44. The molecule has 0 saturated carbocycles. The highest BCUT2D eigenvalue weighted by atomic mass is 79.9. The first kappa shape index (κ1) is 16.1. The number of hydrogen-bond donors (Lipinski definition) is 0. The molecule has 1 aromatic carbocycles. The number of rotatable bonds is 5. The molecule has 19 heavy (non-hydrogen) atoms. The highest BCUT2D eigenvalue weighted by Gasteiger charge is 2.16. The first-order valence-electron chi connectivity index (χ1n) is 6.01. The van der Waals surface area contributed by atoms with Gasteiger partial charge in [0.25, 0.3) is 0 Å². The smallest absolute Gasteiger partial charge is 0.332 e. The Bertz CT molecular complexity index is 441. The zero-order valence-electron chi connectivity index (χ0n) is 11.3. The summed E-state index contributed by atoms with van der Waals surface area (Å²) < 4.78 is 24.2. The number of benzene rings is 1. The monoisotopic (exact) mass is 332 g/mol. The fraction of sp³-hybridized carbons (Fsp3) is 0.500. The van der Waals surface area contributed by atoms with E-state index in [0.717, 1.165) is 10.0 Å². The van der Waals surface area contributed by atoms with E-state index in [4.69, 9.17) is 9.47 Å². The van der Waals surface area contributed by atoms with Crippen molar-refractivity contribution in [2.75, 3.05) is 13.2 Å². The summed E-state index contributed by atoms with van der Waals surface area (Å²) in [5, 5.41) is 0. The third-order valence-electron chi connectivity index (χ3n) is 2.16. The van der Waals surface area contributed by atoms with Gasteiger partial charge in [0.15, 0.2) is 0 Å². The second-order valence-electron chi connectivity index (χ2n) is 5.12. The first-order valence-corrected chi connectivity index (χ1v) is 6.81. The molecule has 0 heterocycles. The second-order valence-corrected chi connectivity index (χ2v) is 5.98. The topological polar surface area (TPSA) is 35.5 Å². The highest BCUT2D eigenvalue weighted by molar-refractivity contribution is 9.10. The minimum absolute atomic E-state index is 0.0931. The van der Waals surface area contributed by atoms with Gasteiger partial charge in [0.1, 0.15) is 18.0 Å². The lowest BCUT2D eigenvalue weighted by atomic mass is 10.1. The third kappa shape index (κ3) is 6.68. The van der Waals surface area contributed by atoms with Crippen LogP contribution in [0.15, 0.2) is 22.7 Å². The molecule has 0 aliphatic rings. The van der Waals surface area contributed by atoms with Crippen LogP contribution in [0, 0.1) is 5.82 Å². The van der Waals surface area contributed by atoms with E-state index >= 15 is 0 Å². The molecule has 1 aromatic rings. The summed E-state index contributed by atoms with van der Waals surface area (Å²) in [6.07, 6.45) is 0.529. The quantitative estimate of drug-likeness (QED) is 0.611. The molecule has 0 atom stereocenters. The van der Waals surface area contributed by atoms with E-state index in [-0.39, 0.29) is 12.4 Å². The minimum atomic E-state index is -0.508. The lowest BCUT2D eigenvalue weighted by molar-refractivity contribution is -0.160. The zero-order valence-corrected chi connectivity index (χ0v) is 12.9. The molecule has 0 spiro atoms. The molecule has 0 bridgehead atoms. The van der Waals surface area contributed by atoms with Crippen LogP contribution >= 0.6 is 15.9 Å². The summed E-state index contributed by atoms with van der Waals surface area (Å²) in [7, 11) is 0. The van der Waals surface area contributed by atoms with E-state index in [1.54, 1.807) is 26.8 Å². The van der Waals surface area contributed by atoms with Crippen LogP contribution in [0.5, 0.6) is 0 Å². The number of ether oxygens (including phenoxy) is 2. The molecule has 0 radical (unpaired) electrons. The molecule has 0 N–H and O–H groups in total. The van der Waals surface area contributed by atoms with Crippen molar-refractivity contribution >= 4 is 21.9 Å². The highest BCUT2D eigenvalue weighted by Crippen LogP contribution is 2.18. The van der Waals surface area contributed by atoms with Crippen molar-refractivity contribution in [3.8, 4) is 0 Å². The SMILES string of the molecule is CC(C)(C)OC(=O)COCCc1cc(F)ccc1Br. The van der Waals surface area contributed by atoms with Crippen molar-refractivity contribution < 1.29 is 18.7 Å². The molecule has 106 valence electrons. The maximum absolute atomic E-state index is 13.0. The Morgan fingerprint density at radius 2 is 2.05 bits per heavy atom. The molecule has 0 amide bonds. The van der Waals surface area contributed by atoms with Crippen LogP contribution in [0.1, 0.15) is 26.3 Å². The summed E-state index contributed by atoms with van der Waals surface area (Å²) in [6.45, 7) is 5.64. The number of esters is 1. The van der Waals surface area contributed by atoms with Crippen LogP contribution in [-0.4, -0.2) is 24.8 Å². The number of hydrogen-bond acceptors (Lipinski definition) is 3. The van der Waals surface area contributed by atoms with Crippen molar-refractivity contribution in [1.82, 2.24) is 0 Å². The first-order chi connectivity index (χ1) is 8.78. The Labute approximate surface area is 121 Å². The maximum Gasteiger partial charge on any atom is 0.332 e. The predicted octanol–water partition coefficient (Wildman–Crippen LogP) is 3.49. The van der Waals surface area contributed by atoms with Crippen molar-refractivity contribution in [3.63, 3.8) is 0 Å². The Hall–Kier alpha value is -0.940. The van der Waals surface area contributed by atoms with Gasteiger partial charge in [-0.3, -0.25) is 0 Å². The lowest BCUT2D eigenvalue weighted by Gasteiger charge is -2.19. The molecule has 0 aliphatic carbocycles. The van der Waals surface area contributed by atoms with Gasteiger partial charge in [0.05, 0.1) is 6.61 Å². The second kappa shape index (κ2) is 7.01. The van der Waals surface area contributed by atoms with Crippen molar-refractivity contribution in [3.05, 3.63) is 34.1 Å². The van der Waals surface area contributed by atoms with Gasteiger partial charge in [-0.05, 0) is 51.0 Å². The van der Waals surface area contributed by atoms with Gasteiger partial charge in [-0.2, -0.15) is 0 Å². The van der Waals surface area contributed by atoms with E-state index in [1.165, 1.54) is 12.1 Å². The third-order valence-corrected chi connectivity index (χ3v) is 2.94. The van der Waals surface area contributed by atoms with Crippen LogP contribution in [-0.2, 0) is 20.7 Å². The summed E-state index contributed by atoms with van der Waals surface area (Å²) in [4.78, 5) is 11.4. The Morgan fingerprint density at radius 3 is 2.68 bits per heavy atom. The van der Waals surface area contributed by atoms with Crippen LogP contribution in [0.25, 0.3) is 0 Å². The number of carbonyl (C=O) groups excluding carboxylic acids is 1. The van der Waals surface area contributed by atoms with Crippen LogP contribution in [0.3, 0.4) is 0 Å². The average Bonchev–Trinajstić information content (AvgIpc) is 2.26. The predicted molar refractivity (Wildman–Crippen MR) is 74.5 cm³/mol. The Morgan fingerprint density at radius 1 is 1.37 bits per heavy atom. The summed E-state index contributed by atoms with van der Waals surface area (Å²) in [5.74, 6) is -0.684. The van der Waals surface area contributed by atoms with Gasteiger partial charge in [-0.1, -0.05) is 15.9 Å². The van der Waals surface area contributed by atoms with Gasteiger partial charge in [-0.25, -0.2) is 9.18 Å². The molecule has 5 heteroatoms. The van der Waals surface area contributed by atoms with Gasteiger partial charge in [-0.15, -0.1) is 0 Å². The Kier molecular flexibility index (Phi) is 5.94. The van der Waals surface area contributed by atoms with Crippen LogP contribution in [0.4, 0.5) is 4.39 Å². The number of halogens is 2. The van der Waals surface area contributed by atoms with Crippen molar-refractivity contribution in [1.29, 1.82) is 0 Å². The van der Waals surface area contributed by atoms with E-state index in [0.29, 0.717) is 13.0 Å². The summed E-state index contributed by atoms with van der Waals surface area (Å²) in [6, 6.07) is 4.48. The summed E-state index contributed by atoms with van der Waals surface area (Å²) in [5.41, 5.74) is 0.302. The van der Waals surface area contributed by atoms with E-state index < -0.39 is 11.6 Å². The van der Waals surface area contributed by atoms with Gasteiger partial charge in [0, 0.05) is 4.47 Å². The van der Waals surface area contributed by atoms with E-state index in [9.17, 15) is 9.18 Å². The zero-order chi connectivity index (χ0) is 14.5. The van der Waals surface area contributed by atoms with Gasteiger partial charge < -0.3 is 9.47 Å². The summed E-state index contributed by atoms with van der Waals surface area (Å²) >= 11 is 3.34. The lowest BCUT2D eigenvalue weighted by Crippen LogP contribution is -2.26. The van der Waals surface area contributed by atoms with Crippen molar-refractivity contribution in [2.45, 2.75) is 32.8 Å². The van der Waals surface area contributed by atoms with Gasteiger partial charge >= 0.3 is 5.97 Å². The van der Waals surface area contributed by atoms with Crippen LogP contribution < -0.4 is 0 Å². The van der Waals surface area contributed by atoms with Gasteiger partial charge in [0.2, 0.25) is 0 Å². The number of carbonyl (C=O) groups is 1. The maximum atomic E-state index is 13.0. The molecule has 1 rings (SSSR count). The molecule has 0 unspecified atom stereocenters. The molecule has 3 nitrogen and oxygen atoms in total.